The van der Waals surface area contributed by atoms with Gasteiger partial charge in [0.15, 0.2) is 0 Å². The van der Waals surface area contributed by atoms with Gasteiger partial charge in [-0.3, -0.25) is 38.4 Å². The number of unbranched alkanes of at least 4 members (excludes halogenated alkanes) is 12. The van der Waals surface area contributed by atoms with Gasteiger partial charge in [-0.15, -0.1) is 0 Å². The van der Waals surface area contributed by atoms with Crippen LogP contribution in [0.1, 0.15) is 128 Å². The second-order valence-corrected chi connectivity index (χ2v) is 17.8. The zero-order valence-electron chi connectivity index (χ0n) is 40.7. The number of hydrogen-bond acceptors (Lipinski definition) is 12. The van der Waals surface area contributed by atoms with Crippen LogP contribution in [0.25, 0.3) is 11.1 Å². The van der Waals surface area contributed by atoms with Crippen LogP contribution in [0.4, 0.5) is 0 Å². The molecule has 11 N–H and O–H groups in total. The number of rotatable bonds is 26. The Balaban J connectivity index is 1.65. The maximum absolute atomic E-state index is 14.1. The van der Waals surface area contributed by atoms with Crippen molar-refractivity contribution in [1.29, 1.82) is 0 Å². The van der Waals surface area contributed by atoms with Crippen molar-refractivity contribution in [3.05, 3.63) is 47.5 Å². The van der Waals surface area contributed by atoms with E-state index in [-0.39, 0.29) is 46.9 Å². The summed E-state index contributed by atoms with van der Waals surface area (Å²) in [5.74, 6) is -6.96. The molecule has 8 amide bonds. The van der Waals surface area contributed by atoms with Crippen LogP contribution in [0.15, 0.2) is 36.4 Å². The van der Waals surface area contributed by atoms with E-state index < -0.39 is 97.4 Å². The van der Waals surface area contributed by atoms with Gasteiger partial charge in [0.25, 0.3) is 0 Å². The van der Waals surface area contributed by atoms with Gasteiger partial charge < -0.3 is 62.5 Å². The maximum Gasteiger partial charge on any atom is 0.248 e. The van der Waals surface area contributed by atoms with Gasteiger partial charge in [0.05, 0.1) is 19.7 Å². The molecule has 6 atom stereocenters. The highest BCUT2D eigenvalue weighted by atomic mass is 16.3. The van der Waals surface area contributed by atoms with Gasteiger partial charge in [0, 0.05) is 38.1 Å². The Hall–Kier alpha value is -6.28. The van der Waals surface area contributed by atoms with Gasteiger partial charge >= 0.3 is 0 Å². The fourth-order valence-electron chi connectivity index (χ4n) is 7.92. The molecule has 0 fully saturated rings. The largest absolute Gasteiger partial charge is 0.507 e. The number of carbonyl (C=O) groups is 8. The monoisotopic (exact) mass is 967 g/mol. The molecule has 4 bridgehead atoms. The first-order valence-electron chi connectivity index (χ1n) is 24.0. The van der Waals surface area contributed by atoms with Crippen LogP contribution < -0.4 is 32.3 Å². The quantitative estimate of drug-likeness (QED) is 0.0603. The number of amides is 8. The number of phenols is 2. The third-order valence-corrected chi connectivity index (χ3v) is 12.3. The lowest BCUT2D eigenvalue weighted by Crippen LogP contribution is -2.56. The number of benzene rings is 2. The number of nitrogens with zero attached hydrogens (tertiary/aromatic N) is 2. The van der Waals surface area contributed by atoms with Crippen LogP contribution in [0.2, 0.25) is 0 Å². The van der Waals surface area contributed by atoms with E-state index in [1.807, 2.05) is 0 Å². The lowest BCUT2D eigenvalue weighted by Gasteiger charge is -2.30. The molecule has 20 heteroatoms. The van der Waals surface area contributed by atoms with Gasteiger partial charge in [-0.1, -0.05) is 96.1 Å². The summed E-state index contributed by atoms with van der Waals surface area (Å²) in [6, 6.07) is 1.53. The number of aliphatic hydroxyl groups excluding tert-OH is 2. The smallest absolute Gasteiger partial charge is 0.248 e. The SMILES string of the molecule is CCCCCCCCCCCCCCCC(=O)N(C)[C@H](CO)C(=O)N[C@H](C)C(=O)NCC(=O)N(C)[C@@H]1C(=O)N[C@@H](C)C(=O)N[C@H](C(=O)NCC(O)C(N)=O)Cc2ccc(O)c(c2)-c2cc1ccc2O. The van der Waals surface area contributed by atoms with Crippen LogP contribution in [0.5, 0.6) is 11.5 Å². The Morgan fingerprint density at radius 1 is 0.768 bits per heavy atom. The molecule has 69 heavy (non-hydrogen) atoms. The number of nitrogens with one attached hydrogen (secondary N) is 5. The van der Waals surface area contributed by atoms with Crippen molar-refractivity contribution in [3.8, 4) is 22.6 Å². The predicted molar refractivity (Wildman–Crippen MR) is 257 cm³/mol. The molecule has 20 nitrogen and oxygen atoms in total. The molecule has 0 radical (unpaired) electrons. The number of carbonyl (C=O) groups excluding carboxylic acids is 8. The normalized spacial score (nSPS) is 17.2. The fraction of sp³-hybridized carbons (Fsp3) is 0.592. The van der Waals surface area contributed by atoms with E-state index in [0.717, 1.165) is 35.5 Å². The van der Waals surface area contributed by atoms with Crippen molar-refractivity contribution in [2.75, 3.05) is 33.8 Å². The van der Waals surface area contributed by atoms with E-state index in [1.54, 1.807) is 0 Å². The maximum atomic E-state index is 14.1. The first-order chi connectivity index (χ1) is 32.8. The Kier molecular flexibility index (Phi) is 23.9. The zero-order chi connectivity index (χ0) is 51.2. The van der Waals surface area contributed by atoms with Gasteiger partial charge in [0.1, 0.15) is 47.8 Å². The molecular formula is C49H74N8O12. The highest BCUT2D eigenvalue weighted by molar-refractivity contribution is 5.97. The number of aromatic hydroxyl groups is 2. The summed E-state index contributed by atoms with van der Waals surface area (Å²) in [5.41, 5.74) is 5.73. The first kappa shape index (κ1) is 57.0. The summed E-state index contributed by atoms with van der Waals surface area (Å²) in [6.45, 7) is 2.96. The predicted octanol–water partition coefficient (Wildman–Crippen LogP) is 1.69. The Labute approximate surface area is 404 Å². The number of likely N-dealkylation sites (N-methyl/N-ethyl adjacent to an activating group) is 2. The minimum absolute atomic E-state index is 0.0382. The number of aliphatic hydroxyl groups is 2. The van der Waals surface area contributed by atoms with Crippen molar-refractivity contribution in [1.82, 2.24) is 36.4 Å². The van der Waals surface area contributed by atoms with E-state index in [9.17, 15) is 58.8 Å². The molecule has 1 heterocycles. The Morgan fingerprint density at radius 3 is 1.91 bits per heavy atom. The van der Waals surface area contributed by atoms with Crippen molar-refractivity contribution >= 4 is 47.3 Å². The number of primary amides is 1. The lowest BCUT2D eigenvalue weighted by molar-refractivity contribution is -0.142. The van der Waals surface area contributed by atoms with E-state index in [1.165, 1.54) is 116 Å². The van der Waals surface area contributed by atoms with Crippen LogP contribution in [0.3, 0.4) is 0 Å². The Bertz CT molecular complexity index is 2090. The molecule has 2 aromatic carbocycles. The highest BCUT2D eigenvalue weighted by Crippen LogP contribution is 2.38. The topological polar surface area (TPSA) is 310 Å². The molecule has 1 unspecified atom stereocenters. The lowest BCUT2D eigenvalue weighted by atomic mass is 9.93. The average Bonchev–Trinajstić information content (AvgIpc) is 3.31. The summed E-state index contributed by atoms with van der Waals surface area (Å²) < 4.78 is 0. The molecule has 0 saturated heterocycles. The molecule has 0 spiro atoms. The van der Waals surface area contributed by atoms with Gasteiger partial charge in [-0.2, -0.15) is 0 Å². The van der Waals surface area contributed by atoms with Gasteiger partial charge in [0.2, 0.25) is 47.3 Å². The summed E-state index contributed by atoms with van der Waals surface area (Å²) in [5, 5.41) is 54.1. The third-order valence-electron chi connectivity index (χ3n) is 12.3. The van der Waals surface area contributed by atoms with Gasteiger partial charge in [-0.05, 0) is 55.7 Å². The third kappa shape index (κ3) is 18.0. The van der Waals surface area contributed by atoms with Gasteiger partial charge in [-0.25, -0.2) is 0 Å². The van der Waals surface area contributed by atoms with Crippen molar-refractivity contribution in [2.45, 2.75) is 153 Å². The van der Waals surface area contributed by atoms with E-state index >= 15 is 0 Å². The molecule has 2 aromatic rings. The summed E-state index contributed by atoms with van der Waals surface area (Å²) >= 11 is 0. The second kappa shape index (κ2) is 28.9. The molecule has 0 aliphatic carbocycles. The van der Waals surface area contributed by atoms with Crippen LogP contribution in [-0.4, -0.2) is 142 Å². The molecule has 0 aromatic heterocycles. The number of hydrogen-bond donors (Lipinski definition) is 10. The number of fused-ring (bicyclic) bond motifs is 5. The van der Waals surface area contributed by atoms with Crippen LogP contribution in [0, 0.1) is 0 Å². The van der Waals surface area contributed by atoms with E-state index in [2.05, 4.69) is 33.5 Å². The van der Waals surface area contributed by atoms with Crippen molar-refractivity contribution in [2.24, 2.45) is 5.73 Å². The minimum atomic E-state index is -1.72. The molecule has 3 rings (SSSR count). The van der Waals surface area contributed by atoms with Crippen LogP contribution in [-0.2, 0) is 44.8 Å². The standard InChI is InChI=1S/C49H74N8O12/c1-6-7-8-9-10-11-12-13-14-15-16-17-18-19-41(62)56(4)37(29-58)48(68)53-30(2)45(65)52-28-42(63)57(5)43-33-21-23-39(60)35(26-33)34-24-32(20-22-38(34)59)25-36(47(67)51-27-40(61)44(50)64)55-46(66)31(3)54-49(43)69/h20-24,26,30-31,36-37,40,43,58-61H,6-19,25,27-29H2,1-5H3,(H2,50,64)(H,51,67)(H,52,65)(H,53,68)(H,54,69)(H,55,66)/t30-,31+,36+,37-,40?,43+/m1/s1. The second-order valence-electron chi connectivity index (χ2n) is 17.8. The van der Waals surface area contributed by atoms with Crippen LogP contribution >= 0.6 is 0 Å². The van der Waals surface area contributed by atoms with E-state index in [0.29, 0.717) is 12.0 Å². The highest BCUT2D eigenvalue weighted by Gasteiger charge is 2.34. The molecular weight excluding hydrogens is 893 g/mol. The molecule has 1 aliphatic heterocycles. The summed E-state index contributed by atoms with van der Waals surface area (Å²) in [7, 11) is 2.68. The van der Waals surface area contributed by atoms with Crippen molar-refractivity contribution < 1.29 is 58.8 Å². The average molecular weight is 967 g/mol. The minimum Gasteiger partial charge on any atom is -0.507 e. The van der Waals surface area contributed by atoms with Crippen molar-refractivity contribution in [3.63, 3.8) is 0 Å². The summed E-state index contributed by atoms with van der Waals surface area (Å²) in [4.78, 5) is 107. The fourth-order valence-corrected chi connectivity index (χ4v) is 7.92. The number of nitrogens with two attached hydrogens (primary N) is 1. The van der Waals surface area contributed by atoms with E-state index in [4.69, 9.17) is 5.73 Å². The molecule has 0 saturated carbocycles. The number of phenolic OH excluding ortho intramolecular Hbond substituents is 2. The zero-order valence-corrected chi connectivity index (χ0v) is 40.7. The Morgan fingerprint density at radius 2 is 1.33 bits per heavy atom. The summed E-state index contributed by atoms with van der Waals surface area (Å²) in [6.07, 6.45) is 13.3. The molecule has 382 valence electrons. The molecule has 1 aliphatic rings. The first-order valence-corrected chi connectivity index (χ1v) is 24.0.